The van der Waals surface area contributed by atoms with Crippen LogP contribution in [0.3, 0.4) is 0 Å². The summed E-state index contributed by atoms with van der Waals surface area (Å²) in [6.45, 7) is 0. The van der Waals surface area contributed by atoms with E-state index in [9.17, 15) is 22.0 Å². The number of amides is 1. The number of aromatic nitrogens is 2. The number of benzene rings is 2. The third-order valence-corrected chi connectivity index (χ3v) is 9.14. The second-order valence-electron chi connectivity index (χ2n) is 8.86. The number of allylic oxidation sites excluding steroid dienone is 1. The van der Waals surface area contributed by atoms with Gasteiger partial charge in [0.15, 0.2) is 15.7 Å². The lowest BCUT2D eigenvalue weighted by Crippen LogP contribution is -2.15. The van der Waals surface area contributed by atoms with E-state index in [-0.39, 0.29) is 33.7 Å². The van der Waals surface area contributed by atoms with E-state index in [0.29, 0.717) is 24.2 Å². The number of halogens is 2. The maximum absolute atomic E-state index is 13.8. The van der Waals surface area contributed by atoms with Crippen LogP contribution in [0.4, 0.5) is 13.9 Å². The monoisotopic (exact) mass is 515 g/mol. The van der Waals surface area contributed by atoms with E-state index < -0.39 is 34.0 Å². The molecule has 0 radical (unpaired) electrons. The summed E-state index contributed by atoms with van der Waals surface area (Å²) in [6, 6.07) is 15.4. The normalized spacial score (nSPS) is 22.8. The number of carbonyl (C=O) groups is 1. The quantitative estimate of drug-likeness (QED) is 0.434. The van der Waals surface area contributed by atoms with Gasteiger partial charge in [0.25, 0.3) is 5.91 Å². The first kappa shape index (κ1) is 23.7. The highest BCUT2D eigenvalue weighted by Gasteiger charge is 2.37. The minimum Gasteiger partial charge on any atom is -0.297 e. The van der Waals surface area contributed by atoms with Crippen LogP contribution < -0.4 is 5.32 Å². The molecule has 0 aliphatic heterocycles. The Morgan fingerprint density at radius 1 is 1.00 bits per heavy atom. The molecule has 1 aromatic heterocycles. The van der Waals surface area contributed by atoms with Gasteiger partial charge in [-0.25, -0.2) is 17.2 Å². The fourth-order valence-corrected chi connectivity index (χ4v) is 6.42. The van der Waals surface area contributed by atoms with Crippen LogP contribution in [-0.2, 0) is 14.6 Å². The molecule has 3 aromatic rings. The molecule has 2 aromatic carbocycles. The van der Waals surface area contributed by atoms with Crippen molar-refractivity contribution in [3.05, 3.63) is 66.2 Å². The SMILES string of the molecule is O=C(Nc1nc(-c2ccccc2)ns1)/C(=C/[C@H]1C[C@@H](F)[C@@H](F)C1)c1ccc(S(=O)(=O)C2CC2)cc1. The van der Waals surface area contributed by atoms with Gasteiger partial charge in [0.2, 0.25) is 5.13 Å². The maximum atomic E-state index is 13.8. The summed E-state index contributed by atoms with van der Waals surface area (Å²) in [5.74, 6) is -0.483. The van der Waals surface area contributed by atoms with Gasteiger partial charge in [-0.1, -0.05) is 48.5 Å². The zero-order chi connectivity index (χ0) is 24.6. The largest absolute Gasteiger partial charge is 0.297 e. The molecule has 6 nitrogen and oxygen atoms in total. The van der Waals surface area contributed by atoms with Crippen molar-refractivity contribution in [2.45, 2.75) is 48.2 Å². The molecule has 1 heterocycles. The van der Waals surface area contributed by atoms with Gasteiger partial charge >= 0.3 is 0 Å². The van der Waals surface area contributed by atoms with Gasteiger partial charge in [-0.3, -0.25) is 10.1 Å². The molecule has 35 heavy (non-hydrogen) atoms. The summed E-state index contributed by atoms with van der Waals surface area (Å²) in [5.41, 5.74) is 1.48. The van der Waals surface area contributed by atoms with E-state index in [0.717, 1.165) is 17.1 Å². The molecule has 3 atom stereocenters. The minimum atomic E-state index is -3.37. The topological polar surface area (TPSA) is 89.0 Å². The number of hydrogen-bond acceptors (Lipinski definition) is 6. The molecule has 1 N–H and O–H groups in total. The lowest BCUT2D eigenvalue weighted by molar-refractivity contribution is -0.111. The Bertz CT molecular complexity index is 1340. The van der Waals surface area contributed by atoms with Gasteiger partial charge in [0.05, 0.1) is 10.1 Å². The van der Waals surface area contributed by atoms with E-state index >= 15 is 0 Å². The van der Waals surface area contributed by atoms with E-state index in [1.165, 1.54) is 12.1 Å². The van der Waals surface area contributed by atoms with Gasteiger partial charge in [-0.15, -0.1) is 0 Å². The average Bonchev–Trinajstić information content (AvgIpc) is 3.55. The molecular formula is C25H23F2N3O3S2. The molecule has 0 spiro atoms. The van der Waals surface area contributed by atoms with Crippen molar-refractivity contribution in [1.29, 1.82) is 0 Å². The minimum absolute atomic E-state index is 0.0109. The van der Waals surface area contributed by atoms with Crippen LogP contribution in [0.15, 0.2) is 65.6 Å². The Morgan fingerprint density at radius 2 is 1.66 bits per heavy atom. The average molecular weight is 516 g/mol. The van der Waals surface area contributed by atoms with Crippen molar-refractivity contribution in [3.8, 4) is 11.4 Å². The molecule has 0 saturated heterocycles. The number of sulfone groups is 1. The molecule has 5 rings (SSSR count). The van der Waals surface area contributed by atoms with Gasteiger partial charge < -0.3 is 0 Å². The molecular weight excluding hydrogens is 492 g/mol. The number of hydrogen-bond donors (Lipinski definition) is 1. The molecule has 2 fully saturated rings. The number of alkyl halides is 2. The van der Waals surface area contributed by atoms with Gasteiger partial charge in [-0.2, -0.15) is 9.36 Å². The lowest BCUT2D eigenvalue weighted by Gasteiger charge is -2.11. The summed E-state index contributed by atoms with van der Waals surface area (Å²) < 4.78 is 57.0. The third kappa shape index (κ3) is 5.18. The Morgan fingerprint density at radius 3 is 2.29 bits per heavy atom. The standard InChI is InChI=1S/C25H23F2N3O3S2/c26-21-13-15(14-22(21)27)12-20(16-6-8-18(9-7-16)35(32,33)19-10-11-19)24(31)29-25-28-23(30-34-25)17-4-2-1-3-5-17/h1-9,12,15,19,21-22H,10-11,13-14H2,(H,28,29,30,31)/b20-12+/t15-,21+,22-. The van der Waals surface area contributed by atoms with Crippen molar-refractivity contribution >= 4 is 38.0 Å². The van der Waals surface area contributed by atoms with Crippen molar-refractivity contribution in [3.63, 3.8) is 0 Å². The molecule has 2 aliphatic carbocycles. The van der Waals surface area contributed by atoms with E-state index in [1.807, 2.05) is 30.3 Å². The number of nitrogens with one attached hydrogen (secondary N) is 1. The van der Waals surface area contributed by atoms with Gasteiger partial charge in [-0.05, 0) is 49.3 Å². The predicted octanol–water partition coefficient (Wildman–Crippen LogP) is 5.25. The number of nitrogens with zero attached hydrogens (tertiary/aromatic N) is 2. The second-order valence-corrected chi connectivity index (χ2v) is 11.8. The third-order valence-electron chi connectivity index (χ3n) is 6.23. The Balaban J connectivity index is 1.41. The smallest absolute Gasteiger partial charge is 0.257 e. The van der Waals surface area contributed by atoms with Crippen LogP contribution in [0.25, 0.3) is 17.0 Å². The fourth-order valence-electron chi connectivity index (χ4n) is 4.18. The van der Waals surface area contributed by atoms with Crippen LogP contribution in [0.2, 0.25) is 0 Å². The van der Waals surface area contributed by atoms with Gasteiger partial charge in [0.1, 0.15) is 12.3 Å². The first-order valence-corrected chi connectivity index (χ1v) is 13.7. The van der Waals surface area contributed by atoms with Crippen molar-refractivity contribution < 1.29 is 22.0 Å². The number of rotatable bonds is 7. The van der Waals surface area contributed by atoms with Crippen LogP contribution in [0.5, 0.6) is 0 Å². The summed E-state index contributed by atoms with van der Waals surface area (Å²) >= 11 is 1.03. The van der Waals surface area contributed by atoms with Crippen molar-refractivity contribution in [2.24, 2.45) is 5.92 Å². The molecule has 2 aliphatic rings. The van der Waals surface area contributed by atoms with Crippen molar-refractivity contribution in [2.75, 3.05) is 5.32 Å². The zero-order valence-electron chi connectivity index (χ0n) is 18.6. The predicted molar refractivity (Wildman–Crippen MR) is 131 cm³/mol. The summed E-state index contributed by atoms with van der Waals surface area (Å²) in [6.07, 6.45) is -0.273. The molecule has 182 valence electrons. The Labute approximate surface area is 206 Å². The lowest BCUT2D eigenvalue weighted by atomic mass is 9.98. The number of anilines is 1. The highest BCUT2D eigenvalue weighted by Crippen LogP contribution is 2.36. The van der Waals surface area contributed by atoms with E-state index in [1.54, 1.807) is 18.2 Å². The highest BCUT2D eigenvalue weighted by atomic mass is 32.2. The molecule has 1 amide bonds. The van der Waals surface area contributed by atoms with Crippen LogP contribution in [0.1, 0.15) is 31.2 Å². The summed E-state index contributed by atoms with van der Waals surface area (Å²) in [7, 11) is -3.37. The van der Waals surface area contributed by atoms with Crippen LogP contribution >= 0.6 is 11.5 Å². The maximum Gasteiger partial charge on any atom is 0.257 e. The number of carbonyl (C=O) groups excluding carboxylic acids is 1. The fraction of sp³-hybridized carbons (Fsp3) is 0.320. The zero-order valence-corrected chi connectivity index (χ0v) is 20.2. The first-order valence-electron chi connectivity index (χ1n) is 11.4. The summed E-state index contributed by atoms with van der Waals surface area (Å²) in [4.78, 5) is 17.8. The molecule has 2 saturated carbocycles. The van der Waals surface area contributed by atoms with Gasteiger partial charge in [0, 0.05) is 22.7 Å². The van der Waals surface area contributed by atoms with Crippen molar-refractivity contribution in [1.82, 2.24) is 9.36 Å². The van der Waals surface area contributed by atoms with Crippen LogP contribution in [-0.4, -0.2) is 41.3 Å². The second kappa shape index (κ2) is 9.58. The van der Waals surface area contributed by atoms with Crippen LogP contribution in [0, 0.1) is 5.92 Å². The highest BCUT2D eigenvalue weighted by molar-refractivity contribution is 7.92. The molecule has 0 bridgehead atoms. The van der Waals surface area contributed by atoms with E-state index in [4.69, 9.17) is 0 Å². The molecule has 0 unspecified atom stereocenters. The Kier molecular flexibility index (Phi) is 6.50. The van der Waals surface area contributed by atoms with E-state index in [2.05, 4.69) is 14.7 Å². The first-order chi connectivity index (χ1) is 16.8. The Hall–Kier alpha value is -2.98. The molecule has 10 heteroatoms. The summed E-state index contributed by atoms with van der Waals surface area (Å²) in [5, 5.41) is 2.67.